The number of halogens is 4. The first-order valence-corrected chi connectivity index (χ1v) is 13.5. The maximum atomic E-state index is 13.5. The predicted molar refractivity (Wildman–Crippen MR) is 148 cm³/mol. The highest BCUT2D eigenvalue weighted by Crippen LogP contribution is 2.27. The van der Waals surface area contributed by atoms with Gasteiger partial charge in [0, 0.05) is 35.8 Å². The van der Waals surface area contributed by atoms with Crippen LogP contribution in [0.15, 0.2) is 66.7 Å². The third kappa shape index (κ3) is 8.06. The van der Waals surface area contributed by atoms with E-state index in [9.17, 15) is 9.59 Å². The lowest BCUT2D eigenvalue weighted by Gasteiger charge is -2.31. The van der Waals surface area contributed by atoms with Crippen LogP contribution in [0.4, 0.5) is 0 Å². The summed E-state index contributed by atoms with van der Waals surface area (Å²) in [5.41, 5.74) is 2.62. The molecule has 1 atom stereocenters. The lowest BCUT2D eigenvalue weighted by atomic mass is 10.0. The van der Waals surface area contributed by atoms with Gasteiger partial charge in [0.1, 0.15) is 6.04 Å². The molecular formula is C26H24Cl4N2O2S. The zero-order valence-corrected chi connectivity index (χ0v) is 22.8. The number of likely N-dealkylation sites (N-methyl/N-ethyl adjacent to an activating group) is 1. The molecule has 1 N–H and O–H groups in total. The number of nitrogens with one attached hydrogen (secondary N) is 1. The van der Waals surface area contributed by atoms with Crippen LogP contribution in [-0.4, -0.2) is 35.6 Å². The Morgan fingerprint density at radius 3 is 2.29 bits per heavy atom. The van der Waals surface area contributed by atoms with Crippen LogP contribution in [0, 0.1) is 0 Å². The molecule has 4 nitrogen and oxygen atoms in total. The minimum absolute atomic E-state index is 0.169. The average molecular weight is 570 g/mol. The Kier molecular flexibility index (Phi) is 10.6. The molecular weight excluding hydrogens is 546 g/mol. The molecule has 0 aliphatic rings. The maximum Gasteiger partial charge on any atom is 0.242 e. The molecule has 3 aromatic rings. The molecule has 0 aromatic heterocycles. The van der Waals surface area contributed by atoms with Gasteiger partial charge in [0.25, 0.3) is 0 Å². The quantitative estimate of drug-likeness (QED) is 0.288. The van der Waals surface area contributed by atoms with Crippen molar-refractivity contribution in [3.05, 3.63) is 104 Å². The van der Waals surface area contributed by atoms with Crippen LogP contribution >= 0.6 is 58.2 Å². The van der Waals surface area contributed by atoms with E-state index in [2.05, 4.69) is 5.32 Å². The average Bonchev–Trinajstić information content (AvgIpc) is 2.85. The molecule has 0 saturated heterocycles. The Hall–Kier alpha value is -1.89. The molecule has 3 rings (SSSR count). The van der Waals surface area contributed by atoms with Gasteiger partial charge in [-0.3, -0.25) is 9.59 Å². The summed E-state index contributed by atoms with van der Waals surface area (Å²) in [5, 5.41) is 4.63. The largest absolute Gasteiger partial charge is 0.357 e. The summed E-state index contributed by atoms with van der Waals surface area (Å²) < 4.78 is 0. The smallest absolute Gasteiger partial charge is 0.242 e. The number of amides is 2. The van der Waals surface area contributed by atoms with Gasteiger partial charge in [-0.2, -0.15) is 0 Å². The molecule has 0 fully saturated rings. The fourth-order valence-corrected chi connectivity index (χ4v) is 5.31. The summed E-state index contributed by atoms with van der Waals surface area (Å²) in [4.78, 5) is 28.0. The Labute approximate surface area is 229 Å². The van der Waals surface area contributed by atoms with E-state index in [1.165, 1.54) is 11.8 Å². The first kappa shape index (κ1) is 27.7. The molecule has 184 valence electrons. The van der Waals surface area contributed by atoms with Crippen molar-refractivity contribution in [1.29, 1.82) is 0 Å². The second-order valence-corrected chi connectivity index (χ2v) is 10.5. The molecule has 0 heterocycles. The standard InChI is InChI=1S/C26H24Cl4N2O2S/c1-31-26(34)24(12-17-5-3-2-4-6-17)32(14-18-7-10-21(28)23(30)11-18)25(33)16-35-15-19-8-9-20(27)13-22(19)29/h2-11,13,24H,12,14-16H2,1H3,(H,31,34)/t24-/m1/s1. The van der Waals surface area contributed by atoms with Gasteiger partial charge in [-0.25, -0.2) is 0 Å². The topological polar surface area (TPSA) is 49.4 Å². The molecule has 0 aliphatic carbocycles. The SMILES string of the molecule is CNC(=O)[C@@H](Cc1ccccc1)N(Cc1ccc(Cl)c(Cl)c1)C(=O)CSCc1ccc(Cl)cc1Cl. The zero-order valence-electron chi connectivity index (χ0n) is 18.9. The van der Waals surface area contributed by atoms with E-state index in [0.717, 1.165) is 16.7 Å². The second-order valence-electron chi connectivity index (χ2n) is 7.82. The van der Waals surface area contributed by atoms with Gasteiger partial charge in [-0.05, 0) is 41.0 Å². The first-order valence-electron chi connectivity index (χ1n) is 10.8. The Morgan fingerprint density at radius 1 is 0.886 bits per heavy atom. The van der Waals surface area contributed by atoms with Crippen molar-refractivity contribution in [3.63, 3.8) is 0 Å². The van der Waals surface area contributed by atoms with Crippen molar-refractivity contribution in [2.45, 2.75) is 24.8 Å². The second kappa shape index (κ2) is 13.4. The summed E-state index contributed by atoms with van der Waals surface area (Å²) in [6.45, 7) is 0.211. The van der Waals surface area contributed by atoms with Crippen molar-refractivity contribution < 1.29 is 9.59 Å². The fraction of sp³-hybridized carbons (Fsp3) is 0.231. The van der Waals surface area contributed by atoms with Crippen LogP contribution < -0.4 is 5.32 Å². The van der Waals surface area contributed by atoms with E-state index in [1.54, 1.807) is 42.3 Å². The Morgan fingerprint density at radius 2 is 1.63 bits per heavy atom. The number of thioether (sulfide) groups is 1. The summed E-state index contributed by atoms with van der Waals surface area (Å²) in [7, 11) is 1.57. The van der Waals surface area contributed by atoms with Crippen molar-refractivity contribution in [3.8, 4) is 0 Å². The maximum absolute atomic E-state index is 13.5. The van der Waals surface area contributed by atoms with Crippen molar-refractivity contribution in [2.75, 3.05) is 12.8 Å². The van der Waals surface area contributed by atoms with Gasteiger partial charge in [0.05, 0.1) is 15.8 Å². The van der Waals surface area contributed by atoms with Gasteiger partial charge >= 0.3 is 0 Å². The number of hydrogen-bond acceptors (Lipinski definition) is 3. The molecule has 3 aromatic carbocycles. The highest BCUT2D eigenvalue weighted by molar-refractivity contribution is 7.99. The van der Waals surface area contributed by atoms with Gasteiger partial charge < -0.3 is 10.2 Å². The lowest BCUT2D eigenvalue weighted by molar-refractivity contribution is -0.139. The summed E-state index contributed by atoms with van der Waals surface area (Å²) in [6, 6.07) is 19.4. The van der Waals surface area contributed by atoms with Crippen LogP contribution in [0.3, 0.4) is 0 Å². The van der Waals surface area contributed by atoms with Crippen LogP contribution in [0.1, 0.15) is 16.7 Å². The highest BCUT2D eigenvalue weighted by atomic mass is 35.5. The zero-order chi connectivity index (χ0) is 25.4. The van der Waals surface area contributed by atoms with Crippen LogP contribution in [0.25, 0.3) is 0 Å². The number of nitrogens with zero attached hydrogens (tertiary/aromatic N) is 1. The Balaban J connectivity index is 1.83. The number of hydrogen-bond donors (Lipinski definition) is 1. The van der Waals surface area contributed by atoms with E-state index >= 15 is 0 Å². The van der Waals surface area contributed by atoms with Crippen molar-refractivity contribution in [2.24, 2.45) is 0 Å². The summed E-state index contributed by atoms with van der Waals surface area (Å²) in [5.74, 6) is 0.289. The predicted octanol–water partition coefficient (Wildman–Crippen LogP) is 6.92. The minimum atomic E-state index is -0.705. The highest BCUT2D eigenvalue weighted by Gasteiger charge is 2.29. The Bertz CT molecular complexity index is 1180. The van der Waals surface area contributed by atoms with Crippen LogP contribution in [0.2, 0.25) is 20.1 Å². The van der Waals surface area contributed by atoms with Crippen molar-refractivity contribution in [1.82, 2.24) is 10.2 Å². The van der Waals surface area contributed by atoms with Crippen LogP contribution in [0.5, 0.6) is 0 Å². The summed E-state index contributed by atoms with van der Waals surface area (Å²) >= 11 is 26.0. The normalized spacial score (nSPS) is 11.7. The van der Waals surface area contributed by atoms with E-state index in [4.69, 9.17) is 46.4 Å². The molecule has 0 aliphatic heterocycles. The van der Waals surface area contributed by atoms with E-state index < -0.39 is 6.04 Å². The number of benzene rings is 3. The summed E-state index contributed by atoms with van der Waals surface area (Å²) in [6.07, 6.45) is 0.376. The number of rotatable bonds is 10. The van der Waals surface area contributed by atoms with Gasteiger partial charge in [-0.1, -0.05) is 88.9 Å². The molecule has 0 spiro atoms. The third-order valence-corrected chi connectivity index (χ3v) is 7.64. The lowest BCUT2D eigenvalue weighted by Crippen LogP contribution is -2.50. The molecule has 0 radical (unpaired) electrons. The third-order valence-electron chi connectivity index (χ3n) is 5.35. The molecule has 0 unspecified atom stereocenters. The molecule has 2 amide bonds. The molecule has 0 saturated carbocycles. The first-order chi connectivity index (χ1) is 16.8. The van der Waals surface area contributed by atoms with Gasteiger partial charge in [0.15, 0.2) is 0 Å². The fourth-order valence-electron chi connectivity index (χ4n) is 3.53. The van der Waals surface area contributed by atoms with Gasteiger partial charge in [0.2, 0.25) is 11.8 Å². The minimum Gasteiger partial charge on any atom is -0.357 e. The van der Waals surface area contributed by atoms with E-state index in [0.29, 0.717) is 32.3 Å². The van der Waals surface area contributed by atoms with E-state index in [-0.39, 0.29) is 24.1 Å². The van der Waals surface area contributed by atoms with Crippen LogP contribution in [-0.2, 0) is 28.3 Å². The monoisotopic (exact) mass is 568 g/mol. The number of carbonyl (C=O) groups excluding carboxylic acids is 2. The van der Waals surface area contributed by atoms with E-state index in [1.807, 2.05) is 36.4 Å². The van der Waals surface area contributed by atoms with Gasteiger partial charge in [-0.15, -0.1) is 11.8 Å². The molecule has 9 heteroatoms. The number of carbonyl (C=O) groups is 2. The van der Waals surface area contributed by atoms with Crippen molar-refractivity contribution >= 4 is 70.0 Å². The molecule has 35 heavy (non-hydrogen) atoms. The molecule has 0 bridgehead atoms.